The third-order valence-corrected chi connectivity index (χ3v) is 9.17. The lowest BCUT2D eigenvalue weighted by Crippen LogP contribution is -2.48. The van der Waals surface area contributed by atoms with Crippen LogP contribution in [0.5, 0.6) is 0 Å². The zero-order valence-corrected chi connectivity index (χ0v) is 23.5. The largest absolute Gasteiger partial charge is 0.351 e. The quantitative estimate of drug-likeness (QED) is 0.301. The van der Waals surface area contributed by atoms with E-state index in [1.807, 2.05) is 12.1 Å². The summed E-state index contributed by atoms with van der Waals surface area (Å²) in [4.78, 5) is 22.0. The third-order valence-electron chi connectivity index (χ3n) is 6.20. The molecule has 0 spiro atoms. The van der Waals surface area contributed by atoms with Gasteiger partial charge in [0.15, 0.2) is 5.13 Å². The Hall–Kier alpha value is -3.06. The summed E-state index contributed by atoms with van der Waals surface area (Å²) in [6.45, 7) is 4.66. The van der Waals surface area contributed by atoms with Crippen LogP contribution in [0, 0.1) is 5.82 Å². The van der Waals surface area contributed by atoms with E-state index in [9.17, 15) is 17.6 Å². The lowest BCUT2D eigenvalue weighted by Gasteiger charge is -2.34. The lowest BCUT2D eigenvalue weighted by molar-refractivity contribution is 0.0948. The maximum absolute atomic E-state index is 13.1. The van der Waals surface area contributed by atoms with Gasteiger partial charge in [-0.25, -0.2) is 17.8 Å². The number of sulfonamides is 1. The van der Waals surface area contributed by atoms with Crippen LogP contribution in [0.1, 0.15) is 10.4 Å². The van der Waals surface area contributed by atoms with Gasteiger partial charge >= 0.3 is 0 Å². The van der Waals surface area contributed by atoms with E-state index in [2.05, 4.69) is 41.8 Å². The molecule has 2 heterocycles. The van der Waals surface area contributed by atoms with Gasteiger partial charge in [0.05, 0.1) is 15.1 Å². The van der Waals surface area contributed by atoms with Crippen molar-refractivity contribution in [3.8, 4) is 0 Å². The predicted molar refractivity (Wildman–Crippen MR) is 152 cm³/mol. The number of benzene rings is 3. The first-order valence-electron chi connectivity index (χ1n) is 12.0. The van der Waals surface area contributed by atoms with Crippen molar-refractivity contribution < 1.29 is 17.6 Å². The maximum Gasteiger partial charge on any atom is 0.261 e. The minimum absolute atomic E-state index is 0.0648. The summed E-state index contributed by atoms with van der Waals surface area (Å²) < 4.78 is 42.9. The van der Waals surface area contributed by atoms with Crippen LogP contribution in [-0.2, 0) is 10.0 Å². The number of aromatic nitrogens is 1. The zero-order valence-electron chi connectivity index (χ0n) is 20.2. The Morgan fingerprint density at radius 3 is 2.55 bits per heavy atom. The smallest absolute Gasteiger partial charge is 0.261 e. The Morgan fingerprint density at radius 2 is 1.79 bits per heavy atom. The van der Waals surface area contributed by atoms with Crippen molar-refractivity contribution in [2.75, 3.05) is 48.9 Å². The van der Waals surface area contributed by atoms with Gasteiger partial charge in [0.2, 0.25) is 0 Å². The third kappa shape index (κ3) is 6.32. The minimum atomic E-state index is -3.90. The van der Waals surface area contributed by atoms with Crippen LogP contribution in [0.2, 0.25) is 0 Å². The van der Waals surface area contributed by atoms with Gasteiger partial charge in [0, 0.05) is 55.0 Å². The first-order chi connectivity index (χ1) is 18.3. The molecule has 0 aliphatic carbocycles. The van der Waals surface area contributed by atoms with Crippen molar-refractivity contribution in [1.82, 2.24) is 15.2 Å². The van der Waals surface area contributed by atoms with E-state index < -0.39 is 15.8 Å². The number of hydrogen-bond acceptors (Lipinski definition) is 7. The standard InChI is InChI=1S/C26H25BrFN5O3S2/c27-19-4-9-23-24(17-19)37-26(30-23)33-14-12-32(13-15-33)11-10-29-25(34)18-2-1-3-21(16-18)31-38(35,36)22-7-5-20(28)6-8-22/h1-9,16-17,31H,10-15H2,(H,29,34). The van der Waals surface area contributed by atoms with Gasteiger partial charge in [-0.3, -0.25) is 14.4 Å². The Labute approximate surface area is 232 Å². The predicted octanol–water partition coefficient (Wildman–Crippen LogP) is 4.55. The number of halogens is 2. The van der Waals surface area contributed by atoms with Gasteiger partial charge in [-0.2, -0.15) is 0 Å². The summed E-state index contributed by atoms with van der Waals surface area (Å²) in [5, 5.41) is 3.94. The van der Waals surface area contributed by atoms with E-state index in [0.29, 0.717) is 18.7 Å². The number of hydrogen-bond donors (Lipinski definition) is 2. The molecule has 3 aromatic carbocycles. The first kappa shape index (κ1) is 26.5. The van der Waals surface area contributed by atoms with Crippen molar-refractivity contribution in [1.29, 1.82) is 0 Å². The number of nitrogens with one attached hydrogen (secondary N) is 2. The molecule has 1 aromatic heterocycles. The number of piperazine rings is 1. The Bertz CT molecular complexity index is 1550. The zero-order chi connectivity index (χ0) is 26.7. The normalized spacial score (nSPS) is 14.5. The number of anilines is 2. The summed E-state index contributed by atoms with van der Waals surface area (Å²) in [5.41, 5.74) is 1.60. The fourth-order valence-corrected chi connectivity index (χ4v) is 6.78. The second-order valence-electron chi connectivity index (χ2n) is 8.83. The summed E-state index contributed by atoms with van der Waals surface area (Å²) in [7, 11) is -3.90. The molecule has 0 radical (unpaired) electrons. The second-order valence-corrected chi connectivity index (χ2v) is 12.4. The number of carbonyl (C=O) groups excluding carboxylic acids is 1. The molecule has 8 nitrogen and oxygen atoms in total. The van der Waals surface area contributed by atoms with Crippen LogP contribution in [0.3, 0.4) is 0 Å². The molecule has 198 valence electrons. The lowest BCUT2D eigenvalue weighted by atomic mass is 10.2. The van der Waals surface area contributed by atoms with Crippen LogP contribution in [0.4, 0.5) is 15.2 Å². The molecule has 5 rings (SSSR count). The Morgan fingerprint density at radius 1 is 1.03 bits per heavy atom. The highest BCUT2D eigenvalue weighted by atomic mass is 79.9. The van der Waals surface area contributed by atoms with E-state index in [1.165, 1.54) is 18.2 Å². The molecule has 0 saturated carbocycles. The highest BCUT2D eigenvalue weighted by molar-refractivity contribution is 9.10. The molecule has 1 amide bonds. The van der Waals surface area contributed by atoms with Crippen LogP contribution in [0.25, 0.3) is 10.2 Å². The summed E-state index contributed by atoms with van der Waals surface area (Å²) in [6, 6.07) is 16.9. The van der Waals surface area contributed by atoms with Gasteiger partial charge < -0.3 is 10.2 Å². The molecule has 38 heavy (non-hydrogen) atoms. The van der Waals surface area contributed by atoms with E-state index in [-0.39, 0.29) is 16.5 Å². The summed E-state index contributed by atoms with van der Waals surface area (Å²) in [5.74, 6) is -0.807. The average molecular weight is 619 g/mol. The van der Waals surface area contributed by atoms with Gasteiger partial charge in [-0.1, -0.05) is 33.3 Å². The van der Waals surface area contributed by atoms with Crippen LogP contribution in [-0.4, -0.2) is 63.5 Å². The molecule has 0 bridgehead atoms. The van der Waals surface area contributed by atoms with E-state index in [0.717, 1.165) is 58.1 Å². The van der Waals surface area contributed by atoms with E-state index in [1.54, 1.807) is 29.5 Å². The van der Waals surface area contributed by atoms with Crippen LogP contribution < -0.4 is 14.9 Å². The molecule has 0 unspecified atom stereocenters. The van der Waals surface area contributed by atoms with Gasteiger partial charge in [-0.15, -0.1) is 0 Å². The SMILES string of the molecule is O=C(NCCN1CCN(c2nc3ccc(Br)cc3s2)CC1)c1cccc(NS(=O)(=O)c2ccc(F)cc2)c1. The van der Waals surface area contributed by atoms with Gasteiger partial charge in [0.1, 0.15) is 5.82 Å². The van der Waals surface area contributed by atoms with Crippen molar-refractivity contribution in [3.63, 3.8) is 0 Å². The van der Waals surface area contributed by atoms with Crippen molar-refractivity contribution in [2.24, 2.45) is 0 Å². The molecule has 0 atom stereocenters. The molecule has 1 aliphatic heterocycles. The van der Waals surface area contributed by atoms with E-state index in [4.69, 9.17) is 4.98 Å². The first-order valence-corrected chi connectivity index (χ1v) is 15.1. The number of amides is 1. The minimum Gasteiger partial charge on any atom is -0.351 e. The van der Waals surface area contributed by atoms with E-state index >= 15 is 0 Å². The highest BCUT2D eigenvalue weighted by Gasteiger charge is 2.20. The monoisotopic (exact) mass is 617 g/mol. The molecular formula is C26H25BrFN5O3S2. The number of carbonyl (C=O) groups is 1. The number of fused-ring (bicyclic) bond motifs is 1. The molecule has 1 saturated heterocycles. The fourth-order valence-electron chi connectivity index (χ4n) is 4.17. The molecule has 1 fully saturated rings. The number of thiazole rings is 1. The maximum atomic E-state index is 13.1. The average Bonchev–Trinajstić information content (AvgIpc) is 3.32. The molecule has 12 heteroatoms. The fraction of sp³-hybridized carbons (Fsp3) is 0.231. The van der Waals surface area contributed by atoms with Crippen molar-refractivity contribution in [2.45, 2.75) is 4.90 Å². The topological polar surface area (TPSA) is 94.6 Å². The molecule has 2 N–H and O–H groups in total. The molecular weight excluding hydrogens is 593 g/mol. The Balaban J connectivity index is 1.10. The van der Waals surface area contributed by atoms with Crippen LogP contribution >= 0.6 is 27.3 Å². The van der Waals surface area contributed by atoms with Gasteiger partial charge in [0.25, 0.3) is 15.9 Å². The Kier molecular flexibility index (Phi) is 7.93. The summed E-state index contributed by atoms with van der Waals surface area (Å²) >= 11 is 5.20. The van der Waals surface area contributed by atoms with Gasteiger partial charge in [-0.05, 0) is 60.7 Å². The second kappa shape index (κ2) is 11.4. The molecule has 1 aliphatic rings. The number of nitrogens with zero attached hydrogens (tertiary/aromatic N) is 3. The molecule has 4 aromatic rings. The van der Waals surface area contributed by atoms with Crippen LogP contribution in [0.15, 0.2) is 76.1 Å². The highest BCUT2D eigenvalue weighted by Crippen LogP contribution is 2.31. The van der Waals surface area contributed by atoms with Crippen molar-refractivity contribution in [3.05, 3.63) is 82.6 Å². The van der Waals surface area contributed by atoms with Crippen molar-refractivity contribution >= 4 is 64.2 Å². The summed E-state index contributed by atoms with van der Waals surface area (Å²) in [6.07, 6.45) is 0. The number of rotatable bonds is 8.